The number of fused-ring (bicyclic) bond motifs is 1. The first kappa shape index (κ1) is 16.3. The number of benzene rings is 1. The smallest absolute Gasteiger partial charge is 0.354 e. The van der Waals surface area contributed by atoms with Crippen LogP contribution in [0.25, 0.3) is 11.0 Å². The van der Waals surface area contributed by atoms with E-state index in [0.29, 0.717) is 6.54 Å². The number of nitrogens with zero attached hydrogens (tertiary/aromatic N) is 4. The third-order valence-corrected chi connectivity index (χ3v) is 4.82. The van der Waals surface area contributed by atoms with Crippen LogP contribution >= 0.6 is 0 Å². The fourth-order valence-corrected chi connectivity index (χ4v) is 3.56. The van der Waals surface area contributed by atoms with Crippen LogP contribution in [0.2, 0.25) is 0 Å². The van der Waals surface area contributed by atoms with Crippen LogP contribution in [0, 0.1) is 0 Å². The molecule has 132 valence electrons. The Bertz CT molecular complexity index is 1010. The summed E-state index contributed by atoms with van der Waals surface area (Å²) in [5.41, 5.74) is 1.94. The van der Waals surface area contributed by atoms with Crippen molar-refractivity contribution in [3.63, 3.8) is 0 Å². The number of para-hydroxylation sites is 2. The number of pyridine rings is 1. The van der Waals surface area contributed by atoms with E-state index in [-0.39, 0.29) is 23.3 Å². The van der Waals surface area contributed by atoms with Crippen molar-refractivity contribution in [1.82, 2.24) is 19.4 Å². The number of amides is 1. The van der Waals surface area contributed by atoms with Crippen LogP contribution in [-0.2, 0) is 7.05 Å². The zero-order valence-corrected chi connectivity index (χ0v) is 14.3. The van der Waals surface area contributed by atoms with E-state index in [9.17, 15) is 9.59 Å². The van der Waals surface area contributed by atoms with Gasteiger partial charge in [-0.3, -0.25) is 4.79 Å². The maximum atomic E-state index is 13.0. The highest BCUT2D eigenvalue weighted by Crippen LogP contribution is 2.33. The minimum Gasteiger partial charge on any atom is -0.477 e. The number of aromatic nitrogens is 3. The van der Waals surface area contributed by atoms with Crippen LogP contribution in [-0.4, -0.2) is 43.0 Å². The Hall–Kier alpha value is -3.22. The minimum atomic E-state index is -1.15. The molecule has 1 N–H and O–H groups in total. The molecule has 3 aromatic rings. The van der Waals surface area contributed by atoms with Crippen molar-refractivity contribution in [2.75, 3.05) is 6.54 Å². The van der Waals surface area contributed by atoms with E-state index in [4.69, 9.17) is 10.1 Å². The third kappa shape index (κ3) is 2.61. The first-order chi connectivity index (χ1) is 12.6. The normalized spacial score (nSPS) is 17.0. The maximum Gasteiger partial charge on any atom is 0.354 e. The molecule has 1 fully saturated rings. The van der Waals surface area contributed by atoms with Gasteiger partial charge in [0.15, 0.2) is 0 Å². The molecule has 1 aromatic carbocycles. The Labute approximate surface area is 149 Å². The van der Waals surface area contributed by atoms with Gasteiger partial charge in [0.2, 0.25) is 0 Å². The van der Waals surface area contributed by atoms with Gasteiger partial charge in [0.25, 0.3) is 5.91 Å². The largest absolute Gasteiger partial charge is 0.477 e. The number of rotatable bonds is 3. The number of carbonyl (C=O) groups excluding carboxylic acids is 1. The molecule has 1 aliphatic rings. The molecule has 1 atom stereocenters. The Morgan fingerprint density at radius 3 is 2.62 bits per heavy atom. The molecule has 0 saturated carbocycles. The highest BCUT2D eigenvalue weighted by atomic mass is 16.4. The van der Waals surface area contributed by atoms with E-state index in [2.05, 4.69) is 4.98 Å². The standard InChI is InChI=1S/C19H18N4O3/c1-22-15-9-3-2-6-12(15)21-17(22)16-10-5-11-23(16)18(24)13-7-4-8-14(20-13)19(25)26/h2-4,6-9,16H,5,10-11H2,1H3,(H,25,26). The molecular formula is C19H18N4O3. The van der Waals surface area contributed by atoms with Gasteiger partial charge in [0, 0.05) is 13.6 Å². The number of likely N-dealkylation sites (tertiary alicyclic amines) is 1. The number of imidazole rings is 1. The molecule has 0 spiro atoms. The molecular weight excluding hydrogens is 332 g/mol. The molecule has 7 nitrogen and oxygen atoms in total. The predicted molar refractivity (Wildman–Crippen MR) is 94.9 cm³/mol. The zero-order valence-electron chi connectivity index (χ0n) is 14.3. The van der Waals surface area contributed by atoms with Crippen LogP contribution in [0.5, 0.6) is 0 Å². The van der Waals surface area contributed by atoms with Crippen LogP contribution in [0.1, 0.15) is 45.7 Å². The maximum absolute atomic E-state index is 13.0. The second-order valence-electron chi connectivity index (χ2n) is 6.39. The molecule has 2 aromatic heterocycles. The molecule has 7 heteroatoms. The van der Waals surface area contributed by atoms with Crippen LogP contribution in [0.15, 0.2) is 42.5 Å². The van der Waals surface area contributed by atoms with Crippen molar-refractivity contribution in [2.45, 2.75) is 18.9 Å². The van der Waals surface area contributed by atoms with Crippen molar-refractivity contribution < 1.29 is 14.7 Å². The number of hydrogen-bond acceptors (Lipinski definition) is 4. The fraction of sp³-hybridized carbons (Fsp3) is 0.263. The van der Waals surface area contributed by atoms with Gasteiger partial charge in [0.05, 0.1) is 17.1 Å². The average molecular weight is 350 g/mol. The van der Waals surface area contributed by atoms with Gasteiger partial charge in [0.1, 0.15) is 17.2 Å². The van der Waals surface area contributed by atoms with Crippen molar-refractivity contribution in [2.24, 2.45) is 7.05 Å². The summed E-state index contributed by atoms with van der Waals surface area (Å²) < 4.78 is 2.02. The second-order valence-corrected chi connectivity index (χ2v) is 6.39. The summed E-state index contributed by atoms with van der Waals surface area (Å²) in [6.07, 6.45) is 1.69. The molecule has 4 rings (SSSR count). The van der Waals surface area contributed by atoms with Crippen molar-refractivity contribution in [3.05, 3.63) is 59.7 Å². The molecule has 1 saturated heterocycles. The van der Waals surface area contributed by atoms with Crippen molar-refractivity contribution in [3.8, 4) is 0 Å². The molecule has 0 radical (unpaired) electrons. The molecule has 3 heterocycles. The van der Waals surface area contributed by atoms with Crippen molar-refractivity contribution >= 4 is 22.9 Å². The number of carboxylic acids is 1. The lowest BCUT2D eigenvalue weighted by Crippen LogP contribution is -2.32. The van der Waals surface area contributed by atoms with Gasteiger partial charge in [-0.25, -0.2) is 14.8 Å². The highest BCUT2D eigenvalue weighted by molar-refractivity contribution is 5.94. The van der Waals surface area contributed by atoms with Gasteiger partial charge >= 0.3 is 5.97 Å². The number of aryl methyl sites for hydroxylation is 1. The molecule has 1 unspecified atom stereocenters. The first-order valence-electron chi connectivity index (χ1n) is 8.49. The molecule has 0 bridgehead atoms. The van der Waals surface area contributed by atoms with Crippen molar-refractivity contribution in [1.29, 1.82) is 0 Å². The number of carboxylic acid groups (broad SMARTS) is 1. The Kier molecular flexibility index (Phi) is 3.91. The van der Waals surface area contributed by atoms with E-state index in [1.54, 1.807) is 17.0 Å². The number of carbonyl (C=O) groups is 2. The third-order valence-electron chi connectivity index (χ3n) is 4.82. The highest BCUT2D eigenvalue weighted by Gasteiger charge is 2.34. The Morgan fingerprint density at radius 2 is 1.85 bits per heavy atom. The molecule has 0 aliphatic carbocycles. The Balaban J connectivity index is 1.70. The van der Waals surface area contributed by atoms with Crippen LogP contribution in [0.4, 0.5) is 0 Å². The van der Waals surface area contributed by atoms with Gasteiger partial charge in [-0.15, -0.1) is 0 Å². The first-order valence-corrected chi connectivity index (χ1v) is 8.49. The van der Waals surface area contributed by atoms with Gasteiger partial charge < -0.3 is 14.6 Å². The van der Waals surface area contributed by atoms with E-state index >= 15 is 0 Å². The summed E-state index contributed by atoms with van der Waals surface area (Å²) in [4.78, 5) is 34.5. The second kappa shape index (κ2) is 6.25. The lowest BCUT2D eigenvalue weighted by Gasteiger charge is -2.24. The lowest BCUT2D eigenvalue weighted by atomic mass is 10.2. The van der Waals surface area contributed by atoms with Gasteiger partial charge in [-0.1, -0.05) is 18.2 Å². The summed E-state index contributed by atoms with van der Waals surface area (Å²) in [6, 6.07) is 12.2. The zero-order chi connectivity index (χ0) is 18.3. The van der Waals surface area contributed by atoms with E-state index in [1.165, 1.54) is 6.07 Å². The van der Waals surface area contributed by atoms with Gasteiger partial charge in [-0.05, 0) is 37.1 Å². The van der Waals surface area contributed by atoms with Crippen LogP contribution in [0.3, 0.4) is 0 Å². The quantitative estimate of drug-likeness (QED) is 0.784. The fourth-order valence-electron chi connectivity index (χ4n) is 3.56. The lowest BCUT2D eigenvalue weighted by molar-refractivity contribution is 0.0689. The predicted octanol–water partition coefficient (Wildman–Crippen LogP) is 2.64. The number of hydrogen-bond donors (Lipinski definition) is 1. The summed E-state index contributed by atoms with van der Waals surface area (Å²) >= 11 is 0. The van der Waals surface area contributed by atoms with E-state index in [1.807, 2.05) is 35.9 Å². The topological polar surface area (TPSA) is 88.3 Å². The van der Waals surface area contributed by atoms with Crippen LogP contribution < -0.4 is 0 Å². The number of aromatic carboxylic acids is 1. The molecule has 1 aliphatic heterocycles. The average Bonchev–Trinajstić information content (AvgIpc) is 3.26. The summed E-state index contributed by atoms with van der Waals surface area (Å²) in [6.45, 7) is 0.603. The molecule has 1 amide bonds. The summed E-state index contributed by atoms with van der Waals surface area (Å²) in [5.74, 6) is -0.568. The Morgan fingerprint density at radius 1 is 1.08 bits per heavy atom. The van der Waals surface area contributed by atoms with Gasteiger partial charge in [-0.2, -0.15) is 0 Å². The molecule has 26 heavy (non-hydrogen) atoms. The monoisotopic (exact) mass is 350 g/mol. The minimum absolute atomic E-state index is 0.130. The SMILES string of the molecule is Cn1c(C2CCCN2C(=O)c2cccc(C(=O)O)n2)nc2ccccc21. The van der Waals surface area contributed by atoms with E-state index in [0.717, 1.165) is 29.7 Å². The summed E-state index contributed by atoms with van der Waals surface area (Å²) in [5, 5.41) is 9.10. The van der Waals surface area contributed by atoms with E-state index < -0.39 is 5.97 Å². The summed E-state index contributed by atoms with van der Waals surface area (Å²) in [7, 11) is 1.95.